The summed E-state index contributed by atoms with van der Waals surface area (Å²) >= 11 is 0. The fourth-order valence-corrected chi connectivity index (χ4v) is 6.29. The van der Waals surface area contributed by atoms with Crippen molar-refractivity contribution in [3.8, 4) is 0 Å². The lowest BCUT2D eigenvalue weighted by molar-refractivity contribution is -0.0318. The molecule has 4 rings (SSSR count). The summed E-state index contributed by atoms with van der Waals surface area (Å²) in [6.45, 7) is 6.99. The first kappa shape index (κ1) is 22.0. The molecule has 0 radical (unpaired) electrons. The molecule has 168 valence electrons. The first-order chi connectivity index (χ1) is 14.5. The predicted octanol–water partition coefficient (Wildman–Crippen LogP) is 1.46. The molecule has 0 amide bonds. The molecule has 0 bridgehead atoms. The number of pyridine rings is 1. The molecule has 1 aromatic rings. The van der Waals surface area contributed by atoms with Crippen molar-refractivity contribution >= 4 is 15.8 Å². The molecule has 8 nitrogen and oxygen atoms in total. The summed E-state index contributed by atoms with van der Waals surface area (Å²) < 4.78 is 32.9. The standard InChI is InChI=1S/C21H35N5O3S/c1-24-9-11-26(12-10-24)30(27,28)19-5-6-20(22-17-19)23-18-21(7-3-2-4-8-21)25-13-15-29-16-14-25/h5-6,17H,2-4,7-16,18H2,1H3,(H,22,23). The Hall–Kier alpha value is -1.26. The Morgan fingerprint density at radius 3 is 2.37 bits per heavy atom. The van der Waals surface area contributed by atoms with Gasteiger partial charge in [0.25, 0.3) is 0 Å². The Kier molecular flexibility index (Phi) is 6.94. The Bertz CT molecular complexity index is 781. The summed E-state index contributed by atoms with van der Waals surface area (Å²) in [7, 11) is -1.46. The molecule has 3 fully saturated rings. The Morgan fingerprint density at radius 1 is 1.03 bits per heavy atom. The highest BCUT2D eigenvalue weighted by atomic mass is 32.2. The van der Waals surface area contributed by atoms with E-state index < -0.39 is 10.0 Å². The maximum absolute atomic E-state index is 12.9. The van der Waals surface area contributed by atoms with Gasteiger partial charge in [-0.3, -0.25) is 4.90 Å². The maximum atomic E-state index is 12.9. The summed E-state index contributed by atoms with van der Waals surface area (Å²) in [6.07, 6.45) is 7.70. The molecular formula is C21H35N5O3S. The zero-order valence-electron chi connectivity index (χ0n) is 18.1. The number of morpholine rings is 1. The van der Waals surface area contributed by atoms with Crippen LogP contribution in [0.4, 0.5) is 5.82 Å². The molecule has 1 aromatic heterocycles. The lowest BCUT2D eigenvalue weighted by atomic mass is 9.79. The lowest BCUT2D eigenvalue weighted by Gasteiger charge is -2.48. The molecule has 9 heteroatoms. The zero-order valence-corrected chi connectivity index (χ0v) is 18.9. The second-order valence-corrected chi connectivity index (χ2v) is 10.8. The number of hydrogen-bond donors (Lipinski definition) is 1. The topological polar surface area (TPSA) is 78.0 Å². The first-order valence-electron chi connectivity index (χ1n) is 11.2. The molecule has 0 atom stereocenters. The fourth-order valence-electron chi connectivity index (χ4n) is 4.92. The number of piperazine rings is 1. The molecule has 1 N–H and O–H groups in total. The van der Waals surface area contributed by atoms with E-state index in [1.807, 2.05) is 7.05 Å². The number of aromatic nitrogens is 1. The number of hydrogen-bond acceptors (Lipinski definition) is 7. The maximum Gasteiger partial charge on any atom is 0.244 e. The predicted molar refractivity (Wildman–Crippen MR) is 117 cm³/mol. The van der Waals surface area contributed by atoms with Crippen molar-refractivity contribution in [2.75, 3.05) is 71.4 Å². The number of anilines is 1. The molecule has 3 aliphatic rings. The van der Waals surface area contributed by atoms with Crippen LogP contribution in [0.1, 0.15) is 32.1 Å². The summed E-state index contributed by atoms with van der Waals surface area (Å²) in [4.78, 5) is 9.46. The molecule has 0 unspecified atom stereocenters. The minimum Gasteiger partial charge on any atom is -0.379 e. The van der Waals surface area contributed by atoms with E-state index in [1.54, 1.807) is 16.4 Å². The van der Waals surface area contributed by atoms with E-state index in [2.05, 4.69) is 20.1 Å². The van der Waals surface area contributed by atoms with E-state index in [4.69, 9.17) is 4.74 Å². The van der Waals surface area contributed by atoms with Gasteiger partial charge < -0.3 is 15.0 Å². The van der Waals surface area contributed by atoms with Crippen LogP contribution in [0.3, 0.4) is 0 Å². The minimum absolute atomic E-state index is 0.147. The third-order valence-corrected chi connectivity index (χ3v) is 8.78. The van der Waals surface area contributed by atoms with Crippen LogP contribution in [0, 0.1) is 0 Å². The Labute approximate surface area is 180 Å². The Morgan fingerprint density at radius 2 is 1.73 bits per heavy atom. The van der Waals surface area contributed by atoms with Gasteiger partial charge in [-0.25, -0.2) is 13.4 Å². The van der Waals surface area contributed by atoms with Crippen LogP contribution in [0.15, 0.2) is 23.2 Å². The molecule has 1 saturated carbocycles. The van der Waals surface area contributed by atoms with Crippen LogP contribution in [0.5, 0.6) is 0 Å². The van der Waals surface area contributed by atoms with Gasteiger partial charge in [0.05, 0.1) is 13.2 Å². The van der Waals surface area contributed by atoms with Crippen molar-refractivity contribution in [1.82, 2.24) is 19.1 Å². The van der Waals surface area contributed by atoms with Crippen LogP contribution in [0.25, 0.3) is 0 Å². The highest BCUT2D eigenvalue weighted by Crippen LogP contribution is 2.34. The second kappa shape index (κ2) is 9.48. The van der Waals surface area contributed by atoms with Gasteiger partial charge >= 0.3 is 0 Å². The number of ether oxygens (including phenoxy) is 1. The number of rotatable bonds is 6. The van der Waals surface area contributed by atoms with Crippen LogP contribution in [-0.4, -0.2) is 99.1 Å². The highest BCUT2D eigenvalue weighted by Gasteiger charge is 2.38. The van der Waals surface area contributed by atoms with Gasteiger partial charge in [0.15, 0.2) is 0 Å². The van der Waals surface area contributed by atoms with Crippen molar-refractivity contribution in [1.29, 1.82) is 0 Å². The van der Waals surface area contributed by atoms with Gasteiger partial charge in [-0.2, -0.15) is 4.31 Å². The molecule has 0 aromatic carbocycles. The quantitative estimate of drug-likeness (QED) is 0.722. The van der Waals surface area contributed by atoms with Crippen LogP contribution in [0.2, 0.25) is 0 Å². The van der Waals surface area contributed by atoms with Crippen molar-refractivity contribution in [3.05, 3.63) is 18.3 Å². The van der Waals surface area contributed by atoms with Gasteiger partial charge in [-0.15, -0.1) is 0 Å². The van der Waals surface area contributed by atoms with Gasteiger partial charge in [0, 0.05) is 57.5 Å². The molecule has 1 aliphatic carbocycles. The van der Waals surface area contributed by atoms with Crippen LogP contribution < -0.4 is 5.32 Å². The van der Waals surface area contributed by atoms with Crippen LogP contribution >= 0.6 is 0 Å². The smallest absolute Gasteiger partial charge is 0.244 e. The minimum atomic E-state index is -3.47. The summed E-state index contributed by atoms with van der Waals surface area (Å²) in [5.41, 5.74) is 0.147. The van der Waals surface area contributed by atoms with E-state index in [9.17, 15) is 8.42 Å². The van der Waals surface area contributed by atoms with E-state index in [0.717, 1.165) is 51.8 Å². The third-order valence-electron chi connectivity index (χ3n) is 6.90. The van der Waals surface area contributed by atoms with E-state index >= 15 is 0 Å². The third kappa shape index (κ3) is 4.80. The fraction of sp³-hybridized carbons (Fsp3) is 0.762. The van der Waals surface area contributed by atoms with Gasteiger partial charge in [-0.05, 0) is 32.0 Å². The largest absolute Gasteiger partial charge is 0.379 e. The van der Waals surface area contributed by atoms with Gasteiger partial charge in [0.1, 0.15) is 10.7 Å². The van der Waals surface area contributed by atoms with E-state index in [0.29, 0.717) is 13.1 Å². The van der Waals surface area contributed by atoms with Crippen LogP contribution in [-0.2, 0) is 14.8 Å². The van der Waals surface area contributed by atoms with E-state index in [-0.39, 0.29) is 10.4 Å². The molecular weight excluding hydrogens is 402 g/mol. The van der Waals surface area contributed by atoms with E-state index in [1.165, 1.54) is 38.3 Å². The van der Waals surface area contributed by atoms with Gasteiger partial charge in [-0.1, -0.05) is 19.3 Å². The number of sulfonamides is 1. The average Bonchev–Trinajstić information content (AvgIpc) is 2.79. The second-order valence-electron chi connectivity index (χ2n) is 8.82. The van der Waals surface area contributed by atoms with Crippen molar-refractivity contribution in [3.63, 3.8) is 0 Å². The zero-order chi connectivity index (χ0) is 21.0. The van der Waals surface area contributed by atoms with Crippen molar-refractivity contribution in [2.45, 2.75) is 42.5 Å². The lowest BCUT2D eigenvalue weighted by Crippen LogP contribution is -2.58. The van der Waals surface area contributed by atoms with Crippen molar-refractivity contribution < 1.29 is 13.2 Å². The van der Waals surface area contributed by atoms with Gasteiger partial charge in [0.2, 0.25) is 10.0 Å². The molecule has 2 aliphatic heterocycles. The Balaban J connectivity index is 1.41. The number of nitrogens with one attached hydrogen (secondary N) is 1. The summed E-state index contributed by atoms with van der Waals surface area (Å²) in [5.74, 6) is 0.741. The number of nitrogens with zero attached hydrogens (tertiary/aromatic N) is 4. The highest BCUT2D eigenvalue weighted by molar-refractivity contribution is 7.89. The number of likely N-dealkylation sites (N-methyl/N-ethyl adjacent to an activating group) is 1. The average molecular weight is 438 g/mol. The van der Waals surface area contributed by atoms with Crippen molar-refractivity contribution in [2.24, 2.45) is 0 Å². The molecule has 3 heterocycles. The summed E-state index contributed by atoms with van der Waals surface area (Å²) in [6, 6.07) is 3.49. The monoisotopic (exact) mass is 437 g/mol. The summed E-state index contributed by atoms with van der Waals surface area (Å²) in [5, 5.41) is 3.51. The first-order valence-corrected chi connectivity index (χ1v) is 12.7. The normalized spacial score (nSPS) is 24.6. The SMILES string of the molecule is CN1CCN(S(=O)(=O)c2ccc(NCC3(N4CCOCC4)CCCCC3)nc2)CC1. The molecule has 30 heavy (non-hydrogen) atoms. The molecule has 0 spiro atoms. The molecule has 2 saturated heterocycles.